The molecule has 1 aliphatic heterocycles. The molecular formula is C42H50O9. The fourth-order valence-corrected chi connectivity index (χ4v) is 6.35. The maximum Gasteiger partial charge on any atom is 0.116 e. The first-order chi connectivity index (χ1) is 25.3. The average molecular weight is 699 g/mol. The van der Waals surface area contributed by atoms with Crippen molar-refractivity contribution in [2.45, 2.75) is 63.1 Å². The second-order valence-electron chi connectivity index (χ2n) is 12.6. The summed E-state index contributed by atoms with van der Waals surface area (Å²) < 4.78 is 58.3. The largest absolute Gasteiger partial charge is 0.377 e. The van der Waals surface area contributed by atoms with E-state index in [0.29, 0.717) is 79.3 Å². The summed E-state index contributed by atoms with van der Waals surface area (Å²) in [4.78, 5) is 0. The second kappa shape index (κ2) is 21.1. The molecule has 0 radical (unpaired) electrons. The van der Waals surface area contributed by atoms with Crippen molar-refractivity contribution in [3.05, 3.63) is 144 Å². The first-order valence-corrected chi connectivity index (χ1v) is 17.9. The Balaban J connectivity index is 1.37. The van der Waals surface area contributed by atoms with Gasteiger partial charge in [-0.05, 0) is 22.3 Å². The first kappa shape index (κ1) is 37.3. The number of fused-ring (bicyclic) bond motifs is 1. The highest BCUT2D eigenvalue weighted by Gasteiger charge is 2.55. The standard InChI is InChI=1S/C42H50O9/c1-5-13-33(14-6-1)29-48-39-37-38(47-28-26-45-24-22-43-21-23-44-25-27-46-37)40(49-30-34-15-7-2-8-16-34)42(51-32-36-19-11-4-12-20-36)41(39)50-31-35-17-9-3-10-18-35/h1-20,37-42H,21-32H2/t37-,38-,39+,40+,41-,42-/m1/s1. The summed E-state index contributed by atoms with van der Waals surface area (Å²) in [5.41, 5.74) is 4.15. The third-order valence-electron chi connectivity index (χ3n) is 8.90. The molecule has 1 heterocycles. The third kappa shape index (κ3) is 11.8. The molecule has 4 aromatic rings. The molecule has 1 saturated carbocycles. The molecule has 1 aliphatic carbocycles. The van der Waals surface area contributed by atoms with Crippen LogP contribution < -0.4 is 0 Å². The quantitative estimate of drug-likeness (QED) is 0.173. The molecule has 0 unspecified atom stereocenters. The zero-order valence-electron chi connectivity index (χ0n) is 29.2. The number of hydrogen-bond donors (Lipinski definition) is 0. The lowest BCUT2D eigenvalue weighted by Crippen LogP contribution is -2.67. The number of benzene rings is 4. The third-order valence-corrected chi connectivity index (χ3v) is 8.90. The SMILES string of the molecule is c1ccc(CO[C@H]2[C@H](OCc3ccccc3)[C@@H](OCc3ccccc3)[C@@H]3OCCOCCOCCOCCO[C@H]3[C@@H]2OCc2ccccc2)cc1. The van der Waals surface area contributed by atoms with Crippen LogP contribution >= 0.6 is 0 Å². The van der Waals surface area contributed by atoms with Crippen molar-refractivity contribution < 1.29 is 42.6 Å². The van der Waals surface area contributed by atoms with Crippen molar-refractivity contribution in [1.29, 1.82) is 0 Å². The van der Waals surface area contributed by atoms with Gasteiger partial charge in [0.15, 0.2) is 0 Å². The molecule has 272 valence electrons. The molecule has 2 fully saturated rings. The summed E-state index contributed by atoms with van der Waals surface area (Å²) in [6.07, 6.45) is -3.52. The van der Waals surface area contributed by atoms with E-state index < -0.39 is 36.6 Å². The monoisotopic (exact) mass is 698 g/mol. The van der Waals surface area contributed by atoms with Crippen LogP contribution in [-0.4, -0.2) is 89.5 Å². The Kier molecular flexibility index (Phi) is 15.5. The van der Waals surface area contributed by atoms with E-state index in [0.717, 1.165) is 22.3 Å². The molecule has 0 spiro atoms. The topological polar surface area (TPSA) is 83.1 Å². The predicted molar refractivity (Wildman–Crippen MR) is 192 cm³/mol. The van der Waals surface area contributed by atoms with Crippen LogP contribution in [0, 0.1) is 0 Å². The van der Waals surface area contributed by atoms with Crippen molar-refractivity contribution in [2.24, 2.45) is 0 Å². The lowest BCUT2D eigenvalue weighted by atomic mass is 9.83. The highest BCUT2D eigenvalue weighted by atomic mass is 16.6. The Morgan fingerprint density at radius 2 is 0.588 bits per heavy atom. The molecule has 4 aromatic carbocycles. The van der Waals surface area contributed by atoms with Crippen LogP contribution in [-0.2, 0) is 69.1 Å². The van der Waals surface area contributed by atoms with E-state index in [2.05, 4.69) is 48.5 Å². The normalized spacial score (nSPS) is 25.3. The summed E-state index contributed by atoms with van der Waals surface area (Å²) in [5, 5.41) is 0. The van der Waals surface area contributed by atoms with Crippen LogP contribution in [0.15, 0.2) is 121 Å². The Labute approximate surface area is 301 Å². The molecule has 2 aliphatic rings. The van der Waals surface area contributed by atoms with E-state index in [-0.39, 0.29) is 0 Å². The van der Waals surface area contributed by atoms with E-state index in [4.69, 9.17) is 42.6 Å². The molecule has 6 rings (SSSR count). The van der Waals surface area contributed by atoms with Gasteiger partial charge in [0, 0.05) is 0 Å². The molecule has 1 saturated heterocycles. The average Bonchev–Trinajstić information content (AvgIpc) is 3.19. The van der Waals surface area contributed by atoms with E-state index in [1.54, 1.807) is 0 Å². The summed E-state index contributed by atoms with van der Waals surface area (Å²) in [6, 6.07) is 40.5. The van der Waals surface area contributed by atoms with Crippen LogP contribution in [0.1, 0.15) is 22.3 Å². The van der Waals surface area contributed by atoms with Gasteiger partial charge in [0.05, 0.1) is 79.3 Å². The molecule has 0 aromatic heterocycles. The van der Waals surface area contributed by atoms with Crippen molar-refractivity contribution in [2.75, 3.05) is 52.9 Å². The van der Waals surface area contributed by atoms with Crippen molar-refractivity contribution in [3.63, 3.8) is 0 Å². The Morgan fingerprint density at radius 1 is 0.333 bits per heavy atom. The van der Waals surface area contributed by atoms with E-state index in [1.165, 1.54) is 0 Å². The van der Waals surface area contributed by atoms with Crippen LogP contribution in [0.2, 0.25) is 0 Å². The Hall–Kier alpha value is -3.48. The minimum absolute atomic E-state index is 0.318. The number of ether oxygens (including phenoxy) is 9. The maximum atomic E-state index is 6.89. The van der Waals surface area contributed by atoms with Gasteiger partial charge in [0.25, 0.3) is 0 Å². The van der Waals surface area contributed by atoms with Gasteiger partial charge < -0.3 is 42.6 Å². The minimum atomic E-state index is -0.587. The molecule has 51 heavy (non-hydrogen) atoms. The highest BCUT2D eigenvalue weighted by molar-refractivity contribution is 5.17. The van der Waals surface area contributed by atoms with Gasteiger partial charge in [-0.2, -0.15) is 0 Å². The highest BCUT2D eigenvalue weighted by Crippen LogP contribution is 2.36. The molecule has 0 bridgehead atoms. The summed E-state index contributed by atoms with van der Waals surface area (Å²) in [6.45, 7) is 4.69. The summed E-state index contributed by atoms with van der Waals surface area (Å²) in [5.74, 6) is 0. The first-order valence-electron chi connectivity index (χ1n) is 17.9. The van der Waals surface area contributed by atoms with Crippen LogP contribution in [0.4, 0.5) is 0 Å². The molecular weight excluding hydrogens is 648 g/mol. The van der Waals surface area contributed by atoms with Crippen LogP contribution in [0.5, 0.6) is 0 Å². The number of rotatable bonds is 12. The predicted octanol–water partition coefficient (Wildman–Crippen LogP) is 6.18. The molecule has 9 heteroatoms. The van der Waals surface area contributed by atoms with Gasteiger partial charge in [-0.25, -0.2) is 0 Å². The van der Waals surface area contributed by atoms with Crippen LogP contribution in [0.3, 0.4) is 0 Å². The lowest BCUT2D eigenvalue weighted by Gasteiger charge is -2.49. The van der Waals surface area contributed by atoms with Gasteiger partial charge in [-0.3, -0.25) is 0 Å². The summed E-state index contributed by atoms with van der Waals surface area (Å²) in [7, 11) is 0. The lowest BCUT2D eigenvalue weighted by molar-refractivity contribution is -0.290. The van der Waals surface area contributed by atoms with Gasteiger partial charge in [0.2, 0.25) is 0 Å². The second-order valence-corrected chi connectivity index (χ2v) is 12.6. The molecule has 0 N–H and O–H groups in total. The molecule has 9 nitrogen and oxygen atoms in total. The van der Waals surface area contributed by atoms with Crippen molar-refractivity contribution >= 4 is 0 Å². The van der Waals surface area contributed by atoms with Gasteiger partial charge >= 0.3 is 0 Å². The Bertz CT molecular complexity index is 1360. The van der Waals surface area contributed by atoms with Crippen molar-refractivity contribution in [1.82, 2.24) is 0 Å². The van der Waals surface area contributed by atoms with Gasteiger partial charge in [-0.1, -0.05) is 121 Å². The zero-order valence-corrected chi connectivity index (χ0v) is 29.2. The molecule has 0 amide bonds. The van der Waals surface area contributed by atoms with E-state index in [1.807, 2.05) is 72.8 Å². The minimum Gasteiger partial charge on any atom is -0.377 e. The Morgan fingerprint density at radius 3 is 0.882 bits per heavy atom. The number of hydrogen-bond acceptors (Lipinski definition) is 9. The maximum absolute atomic E-state index is 6.89. The van der Waals surface area contributed by atoms with E-state index >= 15 is 0 Å². The summed E-state index contributed by atoms with van der Waals surface area (Å²) >= 11 is 0. The van der Waals surface area contributed by atoms with E-state index in [9.17, 15) is 0 Å². The van der Waals surface area contributed by atoms with Crippen LogP contribution in [0.25, 0.3) is 0 Å². The fourth-order valence-electron chi connectivity index (χ4n) is 6.35. The van der Waals surface area contributed by atoms with Gasteiger partial charge in [-0.15, -0.1) is 0 Å². The molecule has 6 atom stereocenters. The zero-order chi connectivity index (χ0) is 34.8. The van der Waals surface area contributed by atoms with Gasteiger partial charge in [0.1, 0.15) is 36.6 Å². The smallest absolute Gasteiger partial charge is 0.116 e. The van der Waals surface area contributed by atoms with Crippen molar-refractivity contribution in [3.8, 4) is 0 Å². The fraction of sp³-hybridized carbons (Fsp3) is 0.429.